The summed E-state index contributed by atoms with van der Waals surface area (Å²) < 4.78 is 42.8. The van der Waals surface area contributed by atoms with E-state index in [2.05, 4.69) is 19.6 Å². The highest BCUT2D eigenvalue weighted by Crippen LogP contribution is 2.28. The zero-order chi connectivity index (χ0) is 16.6. The van der Waals surface area contributed by atoms with Crippen molar-refractivity contribution in [3.63, 3.8) is 0 Å². The van der Waals surface area contributed by atoms with E-state index in [4.69, 9.17) is 0 Å². The van der Waals surface area contributed by atoms with Gasteiger partial charge in [0.1, 0.15) is 12.6 Å². The smallest absolute Gasteiger partial charge is 0.332 e. The predicted octanol–water partition coefficient (Wildman–Crippen LogP) is 0.629. The van der Waals surface area contributed by atoms with Gasteiger partial charge in [0.05, 0.1) is 0 Å². The molecule has 1 fully saturated rings. The summed E-state index contributed by atoms with van der Waals surface area (Å²) >= 11 is 0. The van der Waals surface area contributed by atoms with Gasteiger partial charge >= 0.3 is 11.9 Å². The maximum atomic E-state index is 12.5. The van der Waals surface area contributed by atoms with Crippen LogP contribution in [0.3, 0.4) is 0 Å². The molecular weight excluding hydrogens is 319 g/mol. The molecule has 0 unspecified atom stereocenters. The third-order valence-electron chi connectivity index (χ3n) is 3.35. The number of rotatable bonds is 3. The van der Waals surface area contributed by atoms with Gasteiger partial charge in [0.2, 0.25) is 11.7 Å². The largest absolute Gasteiger partial charge is 0.442 e. The summed E-state index contributed by atoms with van der Waals surface area (Å²) in [5.74, 6) is -1.81. The van der Waals surface area contributed by atoms with Gasteiger partial charge in [0, 0.05) is 18.9 Å². The lowest BCUT2D eigenvalue weighted by Crippen LogP contribution is -2.37. The summed E-state index contributed by atoms with van der Waals surface area (Å²) in [6.45, 7) is -1.48. The molecular formula is C12H10F3N5O3. The molecule has 0 spiro atoms. The first kappa shape index (κ1) is 15.2. The van der Waals surface area contributed by atoms with Crippen LogP contribution in [-0.4, -0.2) is 49.8 Å². The fourth-order valence-electron chi connectivity index (χ4n) is 2.43. The number of aromatic nitrogens is 4. The molecule has 1 atom stereocenters. The van der Waals surface area contributed by atoms with E-state index in [1.807, 2.05) is 0 Å². The zero-order valence-corrected chi connectivity index (χ0v) is 11.5. The van der Waals surface area contributed by atoms with E-state index in [-0.39, 0.29) is 24.6 Å². The van der Waals surface area contributed by atoms with Gasteiger partial charge in [-0.05, 0) is 12.5 Å². The molecule has 1 saturated heterocycles. The summed E-state index contributed by atoms with van der Waals surface area (Å²) in [5, 5.41) is 3.52. The lowest BCUT2D eigenvalue weighted by molar-refractivity contribution is -0.158. The van der Waals surface area contributed by atoms with Crippen molar-refractivity contribution in [2.24, 2.45) is 0 Å². The Kier molecular flexibility index (Phi) is 3.62. The molecule has 1 aliphatic rings. The quantitative estimate of drug-likeness (QED) is 0.820. The van der Waals surface area contributed by atoms with E-state index in [1.165, 1.54) is 18.5 Å². The molecule has 0 aliphatic carbocycles. The normalized spacial score (nSPS) is 18.7. The monoisotopic (exact) mass is 329 g/mol. The second-order valence-electron chi connectivity index (χ2n) is 4.89. The van der Waals surface area contributed by atoms with Crippen LogP contribution in [0.1, 0.15) is 12.5 Å². The second-order valence-corrected chi connectivity index (χ2v) is 4.89. The van der Waals surface area contributed by atoms with Crippen LogP contribution in [0.4, 0.5) is 13.2 Å². The molecule has 0 aromatic carbocycles. The van der Waals surface area contributed by atoms with Gasteiger partial charge in [-0.3, -0.25) is 9.32 Å². The summed E-state index contributed by atoms with van der Waals surface area (Å²) in [4.78, 5) is 32.4. The summed E-state index contributed by atoms with van der Waals surface area (Å²) in [5.41, 5.74) is 0. The predicted molar refractivity (Wildman–Crippen MR) is 68.1 cm³/mol. The summed E-state index contributed by atoms with van der Waals surface area (Å²) in [7, 11) is 0. The number of halogens is 3. The standard InChI is InChI=1S/C12H10F3N5O3/c13-12(14,15)6-19-5-2-7(10(19)21)20-9(18-23-11(20)22)8-16-3-1-4-17-8/h1,3-4,7H,2,5-6H2/t7-/m1/s1. The zero-order valence-electron chi connectivity index (χ0n) is 11.5. The molecule has 0 N–H and O–H groups in total. The molecule has 3 rings (SSSR count). The fraction of sp³-hybridized carbons (Fsp3) is 0.417. The maximum absolute atomic E-state index is 12.5. The van der Waals surface area contributed by atoms with Gasteiger partial charge in [0.25, 0.3) is 0 Å². The average molecular weight is 329 g/mol. The van der Waals surface area contributed by atoms with Crippen molar-refractivity contribution >= 4 is 5.91 Å². The van der Waals surface area contributed by atoms with Gasteiger partial charge in [0.15, 0.2) is 5.82 Å². The van der Waals surface area contributed by atoms with Crippen molar-refractivity contribution in [1.29, 1.82) is 0 Å². The van der Waals surface area contributed by atoms with Gasteiger partial charge in [-0.2, -0.15) is 13.2 Å². The Balaban J connectivity index is 1.93. The maximum Gasteiger partial charge on any atom is 0.442 e. The van der Waals surface area contributed by atoms with Crippen LogP contribution in [0.25, 0.3) is 11.6 Å². The summed E-state index contributed by atoms with van der Waals surface area (Å²) in [6, 6.07) is 0.424. The number of carbonyl (C=O) groups is 1. The number of hydrogen-bond donors (Lipinski definition) is 0. The molecule has 1 amide bonds. The summed E-state index contributed by atoms with van der Waals surface area (Å²) in [6.07, 6.45) is -1.66. The van der Waals surface area contributed by atoms with Crippen LogP contribution in [0.2, 0.25) is 0 Å². The highest BCUT2D eigenvalue weighted by molar-refractivity contribution is 5.83. The Hall–Kier alpha value is -2.72. The van der Waals surface area contributed by atoms with Gasteiger partial charge in [-0.1, -0.05) is 5.16 Å². The average Bonchev–Trinajstić information content (AvgIpc) is 3.03. The SMILES string of the molecule is O=C1[C@H](n2c(-c3ncccn3)noc2=O)CCN1CC(F)(F)F. The molecule has 2 aromatic rings. The molecule has 0 bridgehead atoms. The fourth-order valence-corrected chi connectivity index (χ4v) is 2.43. The lowest BCUT2D eigenvalue weighted by Gasteiger charge is -2.18. The minimum absolute atomic E-state index is 0.0376. The molecule has 23 heavy (non-hydrogen) atoms. The Morgan fingerprint density at radius 3 is 2.61 bits per heavy atom. The number of likely N-dealkylation sites (tertiary alicyclic amines) is 1. The highest BCUT2D eigenvalue weighted by Gasteiger charge is 2.42. The second kappa shape index (κ2) is 5.48. The van der Waals surface area contributed by atoms with Crippen LogP contribution in [0, 0.1) is 0 Å². The molecule has 3 heterocycles. The van der Waals surface area contributed by atoms with Crippen molar-refractivity contribution in [3.8, 4) is 11.6 Å². The molecule has 8 nitrogen and oxygen atoms in total. The first-order valence-corrected chi connectivity index (χ1v) is 6.58. The van der Waals surface area contributed by atoms with Gasteiger partial charge in [-0.25, -0.2) is 19.3 Å². The Bertz CT molecular complexity index is 770. The van der Waals surface area contributed by atoms with Crippen LogP contribution >= 0.6 is 0 Å². The molecule has 1 aliphatic heterocycles. The van der Waals surface area contributed by atoms with Crippen molar-refractivity contribution in [3.05, 3.63) is 29.0 Å². The van der Waals surface area contributed by atoms with Crippen molar-refractivity contribution in [2.45, 2.75) is 18.6 Å². The lowest BCUT2D eigenvalue weighted by atomic mass is 10.2. The molecule has 122 valence electrons. The first-order chi connectivity index (χ1) is 10.9. The number of amides is 1. The Morgan fingerprint density at radius 1 is 1.26 bits per heavy atom. The molecule has 2 aromatic heterocycles. The molecule has 0 radical (unpaired) electrons. The third kappa shape index (κ3) is 2.94. The van der Waals surface area contributed by atoms with Crippen LogP contribution in [-0.2, 0) is 4.79 Å². The van der Waals surface area contributed by atoms with E-state index in [0.717, 1.165) is 4.57 Å². The topological polar surface area (TPSA) is 94.1 Å². The van der Waals surface area contributed by atoms with Gasteiger partial charge < -0.3 is 4.90 Å². The van der Waals surface area contributed by atoms with E-state index < -0.39 is 30.4 Å². The van der Waals surface area contributed by atoms with E-state index in [9.17, 15) is 22.8 Å². The minimum atomic E-state index is -4.50. The number of nitrogens with zero attached hydrogens (tertiary/aromatic N) is 5. The highest BCUT2D eigenvalue weighted by atomic mass is 19.4. The van der Waals surface area contributed by atoms with Gasteiger partial charge in [-0.15, -0.1) is 0 Å². The van der Waals surface area contributed by atoms with Crippen molar-refractivity contribution in [1.82, 2.24) is 24.6 Å². The number of alkyl halides is 3. The Morgan fingerprint density at radius 2 is 1.96 bits per heavy atom. The third-order valence-corrected chi connectivity index (χ3v) is 3.35. The van der Waals surface area contributed by atoms with Crippen LogP contribution < -0.4 is 5.76 Å². The van der Waals surface area contributed by atoms with E-state index in [1.54, 1.807) is 0 Å². The number of carbonyl (C=O) groups excluding carboxylic acids is 1. The van der Waals surface area contributed by atoms with E-state index in [0.29, 0.717) is 4.90 Å². The number of hydrogen-bond acceptors (Lipinski definition) is 6. The Labute approximate surface area is 126 Å². The minimum Gasteiger partial charge on any atom is -0.332 e. The molecule has 0 saturated carbocycles. The van der Waals surface area contributed by atoms with Crippen molar-refractivity contribution in [2.75, 3.05) is 13.1 Å². The van der Waals surface area contributed by atoms with Crippen molar-refractivity contribution < 1.29 is 22.5 Å². The molecule has 11 heteroatoms. The van der Waals surface area contributed by atoms with Crippen LogP contribution in [0.5, 0.6) is 0 Å². The first-order valence-electron chi connectivity index (χ1n) is 6.58. The van der Waals surface area contributed by atoms with E-state index >= 15 is 0 Å². The van der Waals surface area contributed by atoms with Crippen LogP contribution in [0.15, 0.2) is 27.8 Å².